The van der Waals surface area contributed by atoms with Crippen LogP contribution in [0.3, 0.4) is 0 Å². The number of benzene rings is 2. The second-order valence-electron chi connectivity index (χ2n) is 5.22. The fourth-order valence-corrected chi connectivity index (χ4v) is 3.05. The minimum atomic E-state index is -0.637. The van der Waals surface area contributed by atoms with E-state index in [1.54, 1.807) is 23.0 Å². The van der Waals surface area contributed by atoms with Crippen molar-refractivity contribution in [3.8, 4) is 0 Å². The van der Waals surface area contributed by atoms with Gasteiger partial charge < -0.3 is 9.88 Å². The fourth-order valence-electron chi connectivity index (χ4n) is 2.12. The SMILES string of the molecule is Cn1cnnc1Sc1ccc(NC(=O)c2ccc(Cl)cc2[N+](=O)[O-])cc1. The summed E-state index contributed by atoms with van der Waals surface area (Å²) < 4.78 is 1.79. The maximum Gasteiger partial charge on any atom is 0.283 e. The summed E-state index contributed by atoms with van der Waals surface area (Å²) in [6.45, 7) is 0. The molecule has 1 aromatic heterocycles. The molecule has 1 amide bonds. The topological polar surface area (TPSA) is 103 Å². The summed E-state index contributed by atoms with van der Waals surface area (Å²) in [5, 5.41) is 22.5. The lowest BCUT2D eigenvalue weighted by Gasteiger charge is -2.07. The summed E-state index contributed by atoms with van der Waals surface area (Å²) in [6, 6.07) is 10.9. The zero-order chi connectivity index (χ0) is 18.7. The Hall–Kier alpha value is -2.91. The van der Waals surface area contributed by atoms with E-state index in [1.165, 1.54) is 23.9 Å². The maximum absolute atomic E-state index is 12.4. The third kappa shape index (κ3) is 4.01. The second kappa shape index (κ2) is 7.54. The van der Waals surface area contributed by atoms with Crippen molar-refractivity contribution >= 4 is 40.6 Å². The zero-order valence-corrected chi connectivity index (χ0v) is 15.0. The van der Waals surface area contributed by atoms with E-state index in [9.17, 15) is 14.9 Å². The molecule has 8 nitrogen and oxygen atoms in total. The third-order valence-corrected chi connectivity index (χ3v) is 4.69. The minimum absolute atomic E-state index is 0.0584. The Balaban J connectivity index is 1.74. The van der Waals surface area contributed by atoms with Crippen LogP contribution in [0.4, 0.5) is 11.4 Å². The van der Waals surface area contributed by atoms with Crippen LogP contribution in [0.2, 0.25) is 5.02 Å². The molecule has 1 N–H and O–H groups in total. The van der Waals surface area contributed by atoms with Gasteiger partial charge in [-0.05, 0) is 48.2 Å². The number of aromatic nitrogens is 3. The van der Waals surface area contributed by atoms with Crippen LogP contribution >= 0.6 is 23.4 Å². The molecule has 132 valence electrons. The maximum atomic E-state index is 12.4. The van der Waals surface area contributed by atoms with Gasteiger partial charge in [-0.15, -0.1) is 10.2 Å². The molecule has 0 bridgehead atoms. The van der Waals surface area contributed by atoms with Crippen molar-refractivity contribution in [1.29, 1.82) is 0 Å². The molecule has 3 aromatic rings. The molecular formula is C16H12ClN5O3S. The van der Waals surface area contributed by atoms with Crippen LogP contribution in [0.1, 0.15) is 10.4 Å². The van der Waals surface area contributed by atoms with E-state index in [0.717, 1.165) is 16.1 Å². The van der Waals surface area contributed by atoms with Crippen LogP contribution in [0.5, 0.6) is 0 Å². The van der Waals surface area contributed by atoms with Gasteiger partial charge in [0.15, 0.2) is 5.16 Å². The number of nitrogens with zero attached hydrogens (tertiary/aromatic N) is 4. The Morgan fingerprint density at radius 3 is 2.62 bits per heavy atom. The highest BCUT2D eigenvalue weighted by atomic mass is 35.5. The van der Waals surface area contributed by atoms with Crippen molar-refractivity contribution in [3.05, 3.63) is 69.5 Å². The first-order valence-corrected chi connectivity index (χ1v) is 8.50. The number of halogens is 1. The van der Waals surface area contributed by atoms with Gasteiger partial charge in [-0.3, -0.25) is 14.9 Å². The van der Waals surface area contributed by atoms with Crippen molar-refractivity contribution in [2.24, 2.45) is 7.05 Å². The van der Waals surface area contributed by atoms with E-state index in [0.29, 0.717) is 5.69 Å². The highest BCUT2D eigenvalue weighted by molar-refractivity contribution is 7.99. The van der Waals surface area contributed by atoms with Crippen molar-refractivity contribution in [2.45, 2.75) is 10.1 Å². The van der Waals surface area contributed by atoms with E-state index in [1.807, 2.05) is 19.2 Å². The van der Waals surface area contributed by atoms with Crippen LogP contribution < -0.4 is 5.32 Å². The lowest BCUT2D eigenvalue weighted by Crippen LogP contribution is -2.13. The van der Waals surface area contributed by atoms with Gasteiger partial charge in [-0.25, -0.2) is 0 Å². The molecule has 0 spiro atoms. The Kier molecular flexibility index (Phi) is 5.19. The van der Waals surface area contributed by atoms with Crippen molar-refractivity contribution in [3.63, 3.8) is 0 Å². The summed E-state index contributed by atoms with van der Waals surface area (Å²) in [6.07, 6.45) is 1.61. The highest BCUT2D eigenvalue weighted by Crippen LogP contribution is 2.27. The number of nitro groups is 1. The zero-order valence-electron chi connectivity index (χ0n) is 13.4. The van der Waals surface area contributed by atoms with E-state index in [2.05, 4.69) is 15.5 Å². The van der Waals surface area contributed by atoms with Crippen LogP contribution in [0, 0.1) is 10.1 Å². The first-order chi connectivity index (χ1) is 12.4. The number of nitro benzene ring substituents is 1. The van der Waals surface area contributed by atoms with Gasteiger partial charge >= 0.3 is 0 Å². The van der Waals surface area contributed by atoms with Crippen molar-refractivity contribution < 1.29 is 9.72 Å². The number of hydrogen-bond donors (Lipinski definition) is 1. The standard InChI is InChI=1S/C16H12ClN5O3S/c1-21-9-18-20-16(21)26-12-5-3-11(4-6-12)19-15(23)13-7-2-10(17)8-14(13)22(24)25/h2-9H,1H3,(H,19,23). The smallest absolute Gasteiger partial charge is 0.283 e. The fraction of sp³-hybridized carbons (Fsp3) is 0.0625. The second-order valence-corrected chi connectivity index (χ2v) is 6.70. The Morgan fingerprint density at radius 1 is 1.27 bits per heavy atom. The first kappa shape index (κ1) is 17.9. The van der Waals surface area contributed by atoms with Crippen LogP contribution in [-0.2, 0) is 7.05 Å². The van der Waals surface area contributed by atoms with Gasteiger partial charge in [-0.1, -0.05) is 11.6 Å². The molecule has 0 saturated heterocycles. The Morgan fingerprint density at radius 2 is 2.00 bits per heavy atom. The lowest BCUT2D eigenvalue weighted by molar-refractivity contribution is -0.385. The monoisotopic (exact) mass is 389 g/mol. The minimum Gasteiger partial charge on any atom is -0.322 e. The normalized spacial score (nSPS) is 10.5. The Labute approximate surface area is 157 Å². The van der Waals surface area contributed by atoms with E-state index < -0.39 is 10.8 Å². The first-order valence-electron chi connectivity index (χ1n) is 7.31. The van der Waals surface area contributed by atoms with Gasteiger partial charge in [0.05, 0.1) is 4.92 Å². The van der Waals surface area contributed by atoms with Crippen molar-refractivity contribution in [1.82, 2.24) is 14.8 Å². The highest BCUT2D eigenvalue weighted by Gasteiger charge is 2.20. The average Bonchev–Trinajstić information content (AvgIpc) is 3.01. The van der Waals surface area contributed by atoms with Gasteiger partial charge in [0.25, 0.3) is 11.6 Å². The molecule has 0 radical (unpaired) electrons. The number of nitrogens with one attached hydrogen (secondary N) is 1. The van der Waals surface area contributed by atoms with Crippen LogP contribution in [0.25, 0.3) is 0 Å². The molecule has 0 aliphatic heterocycles. The number of aryl methyl sites for hydroxylation is 1. The molecule has 3 rings (SSSR count). The Bertz CT molecular complexity index is 974. The average molecular weight is 390 g/mol. The molecule has 0 fully saturated rings. The molecular weight excluding hydrogens is 378 g/mol. The number of hydrogen-bond acceptors (Lipinski definition) is 6. The quantitative estimate of drug-likeness (QED) is 0.526. The molecule has 1 heterocycles. The number of rotatable bonds is 5. The number of carbonyl (C=O) groups excluding carboxylic acids is 1. The van der Waals surface area contributed by atoms with E-state index in [4.69, 9.17) is 11.6 Å². The predicted octanol–water partition coefficient (Wildman–Crippen LogP) is 3.78. The summed E-state index contributed by atoms with van der Waals surface area (Å²) in [4.78, 5) is 23.7. The predicted molar refractivity (Wildman–Crippen MR) is 97.6 cm³/mol. The van der Waals surface area contributed by atoms with Gasteiger partial charge in [0, 0.05) is 28.7 Å². The van der Waals surface area contributed by atoms with Crippen LogP contribution in [-0.4, -0.2) is 25.6 Å². The van der Waals surface area contributed by atoms with Crippen LogP contribution in [0.15, 0.2) is 58.8 Å². The van der Waals surface area contributed by atoms with E-state index in [-0.39, 0.29) is 16.3 Å². The van der Waals surface area contributed by atoms with Gasteiger partial charge in [0.2, 0.25) is 0 Å². The largest absolute Gasteiger partial charge is 0.322 e. The molecule has 0 saturated carbocycles. The number of anilines is 1. The summed E-state index contributed by atoms with van der Waals surface area (Å²) in [5.41, 5.74) is 0.114. The summed E-state index contributed by atoms with van der Waals surface area (Å²) in [5.74, 6) is -0.581. The molecule has 0 aliphatic carbocycles. The molecule has 0 atom stereocenters. The number of carbonyl (C=O) groups is 1. The third-order valence-electron chi connectivity index (χ3n) is 3.39. The summed E-state index contributed by atoms with van der Waals surface area (Å²) in [7, 11) is 1.84. The van der Waals surface area contributed by atoms with Gasteiger partial charge in [0.1, 0.15) is 11.9 Å². The lowest BCUT2D eigenvalue weighted by atomic mass is 10.1. The number of amides is 1. The molecule has 10 heteroatoms. The molecule has 0 aliphatic rings. The van der Waals surface area contributed by atoms with Gasteiger partial charge in [-0.2, -0.15) is 0 Å². The molecule has 26 heavy (non-hydrogen) atoms. The molecule has 2 aromatic carbocycles. The van der Waals surface area contributed by atoms with Crippen molar-refractivity contribution in [2.75, 3.05) is 5.32 Å². The summed E-state index contributed by atoms with van der Waals surface area (Å²) >= 11 is 7.19. The molecule has 0 unspecified atom stereocenters. The van der Waals surface area contributed by atoms with E-state index >= 15 is 0 Å².